The monoisotopic (exact) mass is 519 g/mol. The third-order valence-corrected chi connectivity index (χ3v) is 5.28. The Labute approximate surface area is 180 Å². The van der Waals surface area contributed by atoms with Crippen LogP contribution in [0.25, 0.3) is 0 Å². The Morgan fingerprint density at radius 2 is 2.07 bits per heavy atom. The lowest BCUT2D eigenvalue weighted by Gasteiger charge is -2.25. The first-order valence-electron chi connectivity index (χ1n) is 8.54. The Hall–Kier alpha value is -1.01. The zero-order chi connectivity index (χ0) is 22.1. The minimum absolute atomic E-state index is 0.116. The zero-order valence-corrected chi connectivity index (χ0v) is 19.3. The summed E-state index contributed by atoms with van der Waals surface area (Å²) in [5.41, 5.74) is -2.85. The Bertz CT molecular complexity index is 802. The number of hydrogen-bond acceptors (Lipinski definition) is 8. The Morgan fingerprint density at radius 1 is 1.41 bits per heavy atom. The fourth-order valence-electron chi connectivity index (χ4n) is 1.99. The van der Waals surface area contributed by atoms with Gasteiger partial charge < -0.3 is 19.1 Å². The van der Waals surface area contributed by atoms with Crippen LogP contribution in [0.2, 0.25) is 0 Å². The van der Waals surface area contributed by atoms with E-state index in [-0.39, 0.29) is 11.4 Å². The molecule has 0 saturated heterocycles. The van der Waals surface area contributed by atoms with E-state index in [9.17, 15) is 24.1 Å². The number of aliphatic hydroxyl groups excluding tert-OH is 1. The van der Waals surface area contributed by atoms with Crippen molar-refractivity contribution < 1.29 is 28.5 Å². The molecule has 0 aliphatic rings. The minimum atomic E-state index is -2.89. The highest BCUT2D eigenvalue weighted by molar-refractivity contribution is 9.09. The van der Waals surface area contributed by atoms with Gasteiger partial charge in [0.15, 0.2) is 5.56 Å². The lowest BCUT2D eigenvalue weighted by atomic mass is 10.4. The van der Waals surface area contributed by atoms with Crippen molar-refractivity contribution in [2.45, 2.75) is 50.8 Å². The number of esters is 1. The number of aromatic amines is 1. The highest BCUT2D eigenvalue weighted by atomic mass is 79.9. The molecule has 0 fully saturated rings. The standard InChI is InChI=1S/C15H24BrClN3O8P/c1-8(2)27-14(23)9(3)19-29(25)26-7-10(13(17)22)28-12(6-16)20-5-4-11(21)18-15(20)24/h4-5,8-10,12-13,22,29H,6-7H2,1-3H3,(H,19,25)(H,18,21,24)/t9-,10-,12-,13-/m1/s1. The van der Waals surface area contributed by atoms with Crippen molar-refractivity contribution in [1.29, 1.82) is 0 Å². The van der Waals surface area contributed by atoms with E-state index in [4.69, 9.17) is 25.6 Å². The Morgan fingerprint density at radius 3 is 2.59 bits per heavy atom. The molecule has 0 radical (unpaired) electrons. The molecule has 29 heavy (non-hydrogen) atoms. The smallest absolute Gasteiger partial charge is 0.330 e. The molecule has 5 atom stereocenters. The second-order valence-electron chi connectivity index (χ2n) is 6.12. The first kappa shape index (κ1) is 26.0. The summed E-state index contributed by atoms with van der Waals surface area (Å²) < 4.78 is 28.8. The summed E-state index contributed by atoms with van der Waals surface area (Å²) in [4.78, 5) is 36.9. The summed E-state index contributed by atoms with van der Waals surface area (Å²) in [6, 6.07) is 0.252. The summed E-state index contributed by atoms with van der Waals surface area (Å²) in [5.74, 6) is -0.594. The number of hydrogen-bond donors (Lipinski definition) is 3. The first-order chi connectivity index (χ1) is 13.5. The van der Waals surface area contributed by atoms with Crippen LogP contribution in [0.5, 0.6) is 0 Å². The van der Waals surface area contributed by atoms with Crippen LogP contribution < -0.4 is 16.3 Å². The molecule has 0 aliphatic heterocycles. The van der Waals surface area contributed by atoms with Gasteiger partial charge in [-0.3, -0.25) is 23.7 Å². The molecule has 14 heteroatoms. The molecule has 0 aromatic carbocycles. The maximum absolute atomic E-state index is 12.0. The van der Waals surface area contributed by atoms with Gasteiger partial charge in [0.2, 0.25) is 0 Å². The zero-order valence-electron chi connectivity index (χ0n) is 16.0. The largest absolute Gasteiger partial charge is 0.462 e. The van der Waals surface area contributed by atoms with Gasteiger partial charge in [-0.1, -0.05) is 27.5 Å². The van der Waals surface area contributed by atoms with Crippen LogP contribution in [0.1, 0.15) is 27.0 Å². The van der Waals surface area contributed by atoms with Crippen molar-refractivity contribution >= 4 is 41.7 Å². The number of nitrogens with one attached hydrogen (secondary N) is 2. The van der Waals surface area contributed by atoms with E-state index < -0.39 is 55.9 Å². The molecule has 0 bridgehead atoms. The van der Waals surface area contributed by atoms with Gasteiger partial charge >= 0.3 is 11.7 Å². The second kappa shape index (κ2) is 12.6. The van der Waals surface area contributed by atoms with Gasteiger partial charge in [-0.25, -0.2) is 9.88 Å². The van der Waals surface area contributed by atoms with Crippen molar-refractivity contribution in [2.24, 2.45) is 0 Å². The highest BCUT2D eigenvalue weighted by Gasteiger charge is 2.25. The number of carbonyl (C=O) groups excluding carboxylic acids is 1. The minimum Gasteiger partial charge on any atom is -0.462 e. The number of rotatable bonds is 12. The average molecular weight is 521 g/mol. The number of alkyl halides is 2. The highest BCUT2D eigenvalue weighted by Crippen LogP contribution is 2.22. The normalized spacial score (nSPS) is 16.8. The molecule has 166 valence electrons. The molecule has 0 saturated carbocycles. The number of nitrogens with zero attached hydrogens (tertiary/aromatic N) is 1. The van der Waals surface area contributed by atoms with Gasteiger partial charge in [-0.2, -0.15) is 0 Å². The van der Waals surface area contributed by atoms with Crippen molar-refractivity contribution in [2.75, 3.05) is 11.9 Å². The SMILES string of the molecule is CC(C)OC(=O)[C@@H](C)N[PH](=O)OC[C@@H](O[C@H](CBr)n1ccc(=O)[nH]c1=O)[C@@H](O)Cl. The summed E-state index contributed by atoms with van der Waals surface area (Å²) in [6.07, 6.45) is -1.22. The van der Waals surface area contributed by atoms with Crippen molar-refractivity contribution in [3.63, 3.8) is 0 Å². The van der Waals surface area contributed by atoms with Crippen LogP contribution in [-0.2, 0) is 23.4 Å². The van der Waals surface area contributed by atoms with E-state index in [0.717, 1.165) is 10.6 Å². The van der Waals surface area contributed by atoms with Crippen LogP contribution in [0.3, 0.4) is 0 Å². The molecule has 1 unspecified atom stereocenters. The second-order valence-corrected chi connectivity index (χ2v) is 8.37. The number of aliphatic hydroxyl groups is 1. The molecule has 11 nitrogen and oxygen atoms in total. The third kappa shape index (κ3) is 9.12. The third-order valence-electron chi connectivity index (χ3n) is 3.35. The van der Waals surface area contributed by atoms with E-state index in [1.165, 1.54) is 13.1 Å². The van der Waals surface area contributed by atoms with E-state index in [0.29, 0.717) is 0 Å². The van der Waals surface area contributed by atoms with Gasteiger partial charge in [0.05, 0.1) is 12.7 Å². The number of halogens is 2. The van der Waals surface area contributed by atoms with Crippen LogP contribution in [0, 0.1) is 0 Å². The van der Waals surface area contributed by atoms with Gasteiger partial charge in [0.1, 0.15) is 18.4 Å². The Kier molecular flexibility index (Phi) is 11.3. The molecule has 1 aromatic rings. The number of H-pyrrole nitrogens is 1. The van der Waals surface area contributed by atoms with Gasteiger partial charge in [0, 0.05) is 17.6 Å². The molecule has 1 heterocycles. The first-order valence-corrected chi connectivity index (χ1v) is 11.4. The maximum Gasteiger partial charge on any atom is 0.330 e. The average Bonchev–Trinajstić information content (AvgIpc) is 2.61. The van der Waals surface area contributed by atoms with Crippen molar-refractivity contribution in [3.8, 4) is 0 Å². The van der Waals surface area contributed by atoms with Crippen LogP contribution in [0.15, 0.2) is 21.9 Å². The lowest BCUT2D eigenvalue weighted by Crippen LogP contribution is -2.38. The van der Waals surface area contributed by atoms with E-state index in [1.54, 1.807) is 13.8 Å². The predicted molar refractivity (Wildman–Crippen MR) is 110 cm³/mol. The summed E-state index contributed by atoms with van der Waals surface area (Å²) in [5, 5.41) is 12.3. The Balaban J connectivity index is 2.70. The molecular formula is C15H24BrClN3O8P. The topological polar surface area (TPSA) is 149 Å². The predicted octanol–water partition coefficient (Wildman–Crippen LogP) is 0.709. The number of aromatic nitrogens is 2. The van der Waals surface area contributed by atoms with Crippen LogP contribution in [-0.4, -0.2) is 56.4 Å². The summed E-state index contributed by atoms with van der Waals surface area (Å²) >= 11 is 8.87. The molecule has 1 rings (SSSR count). The molecular weight excluding hydrogens is 497 g/mol. The van der Waals surface area contributed by atoms with E-state index in [1.807, 2.05) is 0 Å². The quantitative estimate of drug-likeness (QED) is 0.206. The van der Waals surface area contributed by atoms with Gasteiger partial charge in [0.25, 0.3) is 13.7 Å². The fourth-order valence-corrected chi connectivity index (χ4v) is 3.45. The summed E-state index contributed by atoms with van der Waals surface area (Å²) in [6.45, 7) is 4.43. The molecule has 0 aliphatic carbocycles. The van der Waals surface area contributed by atoms with E-state index in [2.05, 4.69) is 26.0 Å². The van der Waals surface area contributed by atoms with Crippen molar-refractivity contribution in [3.05, 3.63) is 33.1 Å². The molecule has 1 aromatic heterocycles. The number of carbonyl (C=O) groups is 1. The van der Waals surface area contributed by atoms with Crippen molar-refractivity contribution in [1.82, 2.24) is 14.6 Å². The molecule has 3 N–H and O–H groups in total. The fraction of sp³-hybridized carbons (Fsp3) is 0.667. The molecule has 0 amide bonds. The lowest BCUT2D eigenvalue weighted by molar-refractivity contribution is -0.149. The van der Waals surface area contributed by atoms with Crippen LogP contribution >= 0.6 is 35.7 Å². The summed E-state index contributed by atoms with van der Waals surface area (Å²) in [7, 11) is -2.89. The number of ether oxygens (including phenoxy) is 2. The van der Waals surface area contributed by atoms with Gasteiger partial charge in [-0.15, -0.1) is 0 Å². The van der Waals surface area contributed by atoms with Gasteiger partial charge in [-0.05, 0) is 20.8 Å². The molecule has 0 spiro atoms. The van der Waals surface area contributed by atoms with E-state index >= 15 is 0 Å². The van der Waals surface area contributed by atoms with Crippen LogP contribution in [0.4, 0.5) is 0 Å². The maximum atomic E-state index is 12.0.